The van der Waals surface area contributed by atoms with Gasteiger partial charge in [0.15, 0.2) is 0 Å². The van der Waals surface area contributed by atoms with Crippen LogP contribution < -0.4 is 5.32 Å². The summed E-state index contributed by atoms with van der Waals surface area (Å²) in [5.74, 6) is 4.15. The second kappa shape index (κ2) is 4.86. The maximum atomic E-state index is 5.46. The molecule has 4 atom stereocenters. The van der Waals surface area contributed by atoms with E-state index in [0.29, 0.717) is 12.0 Å². The van der Waals surface area contributed by atoms with E-state index in [1.54, 1.807) is 0 Å². The van der Waals surface area contributed by atoms with Gasteiger partial charge in [-0.1, -0.05) is 13.8 Å². The molecule has 0 radical (unpaired) electrons. The standard InChI is InChI=1S/C11H21NOS/c1-8-5-13-4-3-10(8)12-11-7-14-6-9(11)2/h8-12H,3-7H2,1-2H3. The number of nitrogens with one attached hydrogen (secondary N) is 1. The summed E-state index contributed by atoms with van der Waals surface area (Å²) in [6.45, 7) is 6.54. The average molecular weight is 215 g/mol. The van der Waals surface area contributed by atoms with Crippen LogP contribution in [0, 0.1) is 11.8 Å². The molecule has 3 heteroatoms. The van der Waals surface area contributed by atoms with Crippen molar-refractivity contribution in [1.29, 1.82) is 0 Å². The number of rotatable bonds is 2. The van der Waals surface area contributed by atoms with Gasteiger partial charge >= 0.3 is 0 Å². The summed E-state index contributed by atoms with van der Waals surface area (Å²) in [6.07, 6.45) is 1.19. The van der Waals surface area contributed by atoms with Crippen molar-refractivity contribution in [2.45, 2.75) is 32.4 Å². The topological polar surface area (TPSA) is 21.3 Å². The molecule has 4 unspecified atom stereocenters. The summed E-state index contributed by atoms with van der Waals surface area (Å²) in [5, 5.41) is 3.82. The molecule has 0 saturated carbocycles. The van der Waals surface area contributed by atoms with E-state index in [4.69, 9.17) is 4.74 Å². The Labute approximate surface area is 91.2 Å². The average Bonchev–Trinajstić information content (AvgIpc) is 2.56. The molecule has 0 aromatic heterocycles. The molecule has 2 fully saturated rings. The Balaban J connectivity index is 1.83. The third-order valence-electron chi connectivity index (χ3n) is 3.43. The highest BCUT2D eigenvalue weighted by atomic mass is 32.2. The lowest BCUT2D eigenvalue weighted by Crippen LogP contribution is -2.48. The summed E-state index contributed by atoms with van der Waals surface area (Å²) in [5.41, 5.74) is 0. The highest BCUT2D eigenvalue weighted by Gasteiger charge is 2.29. The molecule has 0 amide bonds. The van der Waals surface area contributed by atoms with Gasteiger partial charge in [-0.25, -0.2) is 0 Å². The molecule has 0 aromatic rings. The van der Waals surface area contributed by atoms with Gasteiger partial charge < -0.3 is 10.1 Å². The molecule has 0 aliphatic carbocycles. The zero-order valence-electron chi connectivity index (χ0n) is 9.16. The van der Waals surface area contributed by atoms with Crippen molar-refractivity contribution in [1.82, 2.24) is 5.32 Å². The van der Waals surface area contributed by atoms with Crippen LogP contribution >= 0.6 is 11.8 Å². The monoisotopic (exact) mass is 215 g/mol. The number of hydrogen-bond donors (Lipinski definition) is 1. The minimum Gasteiger partial charge on any atom is -0.381 e. The molecule has 0 bridgehead atoms. The second-order valence-electron chi connectivity index (χ2n) is 4.74. The van der Waals surface area contributed by atoms with E-state index in [1.807, 2.05) is 0 Å². The van der Waals surface area contributed by atoms with Gasteiger partial charge in [-0.15, -0.1) is 0 Å². The highest BCUT2D eigenvalue weighted by Crippen LogP contribution is 2.25. The van der Waals surface area contributed by atoms with Gasteiger partial charge in [0.1, 0.15) is 0 Å². The van der Waals surface area contributed by atoms with E-state index in [-0.39, 0.29) is 0 Å². The predicted octanol–water partition coefficient (Wildman–Crippen LogP) is 1.75. The van der Waals surface area contributed by atoms with Gasteiger partial charge in [0.25, 0.3) is 0 Å². The van der Waals surface area contributed by atoms with Crippen molar-refractivity contribution in [3.8, 4) is 0 Å². The van der Waals surface area contributed by atoms with Crippen LogP contribution in [0.2, 0.25) is 0 Å². The summed E-state index contributed by atoms with van der Waals surface area (Å²) in [6, 6.07) is 1.43. The van der Waals surface area contributed by atoms with E-state index in [2.05, 4.69) is 30.9 Å². The summed E-state index contributed by atoms with van der Waals surface area (Å²) < 4.78 is 5.46. The SMILES string of the molecule is CC1COCCC1NC1CSCC1C. The molecular formula is C11H21NOS. The molecule has 1 N–H and O–H groups in total. The normalized spacial score (nSPS) is 44.1. The molecule has 2 aliphatic heterocycles. The van der Waals surface area contributed by atoms with Crippen LogP contribution in [0.1, 0.15) is 20.3 Å². The highest BCUT2D eigenvalue weighted by molar-refractivity contribution is 7.99. The first-order chi connectivity index (χ1) is 6.77. The third-order valence-corrected chi connectivity index (χ3v) is 4.79. The fourth-order valence-corrected chi connectivity index (χ4v) is 3.70. The Morgan fingerprint density at radius 2 is 2.00 bits per heavy atom. The third kappa shape index (κ3) is 2.44. The Bertz CT molecular complexity index is 188. The molecule has 2 rings (SSSR count). The van der Waals surface area contributed by atoms with Crippen molar-refractivity contribution in [3.05, 3.63) is 0 Å². The smallest absolute Gasteiger partial charge is 0.0506 e. The molecule has 2 aliphatic rings. The van der Waals surface area contributed by atoms with Gasteiger partial charge in [0, 0.05) is 24.4 Å². The molecule has 2 saturated heterocycles. The number of hydrogen-bond acceptors (Lipinski definition) is 3. The lowest BCUT2D eigenvalue weighted by Gasteiger charge is -2.33. The largest absolute Gasteiger partial charge is 0.381 e. The fraction of sp³-hybridized carbons (Fsp3) is 1.00. The van der Waals surface area contributed by atoms with Crippen LogP contribution in [0.4, 0.5) is 0 Å². The van der Waals surface area contributed by atoms with Crippen LogP contribution in [-0.4, -0.2) is 36.8 Å². The van der Waals surface area contributed by atoms with Crippen molar-refractivity contribution in [2.75, 3.05) is 24.7 Å². The fourth-order valence-electron chi connectivity index (χ4n) is 2.28. The minimum absolute atomic E-state index is 0.682. The molecule has 0 aromatic carbocycles. The summed E-state index contributed by atoms with van der Waals surface area (Å²) in [4.78, 5) is 0. The van der Waals surface area contributed by atoms with Gasteiger partial charge in [0.2, 0.25) is 0 Å². The van der Waals surface area contributed by atoms with Gasteiger partial charge in [-0.3, -0.25) is 0 Å². The van der Waals surface area contributed by atoms with Gasteiger partial charge in [-0.2, -0.15) is 11.8 Å². The van der Waals surface area contributed by atoms with Crippen molar-refractivity contribution in [2.24, 2.45) is 11.8 Å². The van der Waals surface area contributed by atoms with Crippen molar-refractivity contribution in [3.63, 3.8) is 0 Å². The van der Waals surface area contributed by atoms with E-state index in [9.17, 15) is 0 Å². The first-order valence-electron chi connectivity index (χ1n) is 5.69. The quantitative estimate of drug-likeness (QED) is 0.758. The minimum atomic E-state index is 0.682. The van der Waals surface area contributed by atoms with Crippen LogP contribution in [-0.2, 0) is 4.74 Å². The maximum Gasteiger partial charge on any atom is 0.0506 e. The number of ether oxygens (including phenoxy) is 1. The first-order valence-corrected chi connectivity index (χ1v) is 6.84. The van der Waals surface area contributed by atoms with E-state index < -0.39 is 0 Å². The molecule has 2 heterocycles. The zero-order chi connectivity index (χ0) is 9.97. The van der Waals surface area contributed by atoms with Gasteiger partial charge in [-0.05, 0) is 24.0 Å². The van der Waals surface area contributed by atoms with E-state index in [1.165, 1.54) is 17.9 Å². The Morgan fingerprint density at radius 3 is 2.64 bits per heavy atom. The zero-order valence-corrected chi connectivity index (χ0v) is 9.98. The Hall–Kier alpha value is 0.270. The molecule has 0 spiro atoms. The Morgan fingerprint density at radius 1 is 1.14 bits per heavy atom. The van der Waals surface area contributed by atoms with Crippen LogP contribution in [0.15, 0.2) is 0 Å². The second-order valence-corrected chi connectivity index (χ2v) is 5.81. The van der Waals surface area contributed by atoms with Crippen molar-refractivity contribution >= 4 is 11.8 Å². The molecule has 14 heavy (non-hydrogen) atoms. The molecule has 82 valence electrons. The lowest BCUT2D eigenvalue weighted by molar-refractivity contribution is 0.0353. The number of thioether (sulfide) groups is 1. The summed E-state index contributed by atoms with van der Waals surface area (Å²) in [7, 11) is 0. The lowest BCUT2D eigenvalue weighted by atomic mass is 9.95. The predicted molar refractivity (Wildman–Crippen MR) is 61.8 cm³/mol. The van der Waals surface area contributed by atoms with Crippen LogP contribution in [0.5, 0.6) is 0 Å². The van der Waals surface area contributed by atoms with E-state index >= 15 is 0 Å². The van der Waals surface area contributed by atoms with Crippen LogP contribution in [0.25, 0.3) is 0 Å². The summed E-state index contributed by atoms with van der Waals surface area (Å²) >= 11 is 2.09. The van der Waals surface area contributed by atoms with E-state index in [0.717, 1.165) is 25.2 Å². The Kier molecular flexibility index (Phi) is 3.74. The van der Waals surface area contributed by atoms with Crippen LogP contribution in [0.3, 0.4) is 0 Å². The molecular weight excluding hydrogens is 194 g/mol. The van der Waals surface area contributed by atoms with Gasteiger partial charge in [0.05, 0.1) is 6.61 Å². The maximum absolute atomic E-state index is 5.46. The first kappa shape index (κ1) is 10.8. The molecule has 2 nitrogen and oxygen atoms in total. The van der Waals surface area contributed by atoms with Crippen molar-refractivity contribution < 1.29 is 4.74 Å².